The van der Waals surface area contributed by atoms with Crippen LogP contribution < -0.4 is 10.6 Å². The van der Waals surface area contributed by atoms with Gasteiger partial charge in [0.2, 0.25) is 11.8 Å². The predicted octanol–water partition coefficient (Wildman–Crippen LogP) is 1.67. The zero-order valence-corrected chi connectivity index (χ0v) is 14.1. The summed E-state index contributed by atoms with van der Waals surface area (Å²) in [6, 6.07) is 0. The summed E-state index contributed by atoms with van der Waals surface area (Å²) in [4.78, 5) is 26.6. The third-order valence-electron chi connectivity index (χ3n) is 5.12. The molecule has 0 aromatic heterocycles. The molecule has 1 saturated heterocycles. The first-order chi connectivity index (χ1) is 10.6. The largest absolute Gasteiger partial charge is 0.342 e. The molecule has 2 fully saturated rings. The number of carbonyl (C=O) groups excluding carboxylic acids is 2. The summed E-state index contributed by atoms with van der Waals surface area (Å²) in [5, 5.41) is 6.39. The molecule has 1 aliphatic carbocycles. The maximum atomic E-state index is 13.0. The number of carbonyl (C=O) groups is 2. The molecule has 2 amide bonds. The number of rotatable bonds is 5. The Kier molecular flexibility index (Phi) is 6.24. The lowest BCUT2D eigenvalue weighted by atomic mass is 9.79. The quantitative estimate of drug-likeness (QED) is 0.812. The van der Waals surface area contributed by atoms with Crippen LogP contribution in [-0.4, -0.2) is 48.4 Å². The van der Waals surface area contributed by atoms with Crippen molar-refractivity contribution in [2.45, 2.75) is 64.3 Å². The molecule has 5 nitrogen and oxygen atoms in total. The second-order valence-electron chi connectivity index (χ2n) is 6.87. The maximum absolute atomic E-state index is 13.0. The molecule has 1 saturated carbocycles. The van der Waals surface area contributed by atoms with Crippen LogP contribution in [-0.2, 0) is 9.59 Å². The molecule has 1 aliphatic heterocycles. The van der Waals surface area contributed by atoms with E-state index in [2.05, 4.69) is 17.6 Å². The minimum absolute atomic E-state index is 0.0859. The lowest BCUT2D eigenvalue weighted by Gasteiger charge is -2.42. The molecular weight excluding hydrogens is 278 g/mol. The second-order valence-corrected chi connectivity index (χ2v) is 6.87. The highest BCUT2D eigenvalue weighted by Gasteiger charge is 2.43. The standard InChI is InChI=1S/C17H31N3O2/c1-3-18-13-15-7-11-20(12-8-15)16(22)17(19-14(2)21)9-5-4-6-10-17/h15,18H,3-13H2,1-2H3,(H,19,21). The van der Waals surface area contributed by atoms with Gasteiger partial charge in [-0.2, -0.15) is 0 Å². The Hall–Kier alpha value is -1.10. The minimum atomic E-state index is -0.626. The van der Waals surface area contributed by atoms with Crippen molar-refractivity contribution >= 4 is 11.8 Å². The first kappa shape index (κ1) is 17.3. The molecule has 0 bridgehead atoms. The maximum Gasteiger partial charge on any atom is 0.248 e. The Bertz CT molecular complexity index is 383. The molecule has 0 radical (unpaired) electrons. The number of hydrogen-bond acceptors (Lipinski definition) is 3. The van der Waals surface area contributed by atoms with E-state index >= 15 is 0 Å². The zero-order valence-electron chi connectivity index (χ0n) is 14.1. The molecule has 0 atom stereocenters. The molecule has 0 unspecified atom stereocenters. The van der Waals surface area contributed by atoms with Gasteiger partial charge in [0.25, 0.3) is 0 Å². The summed E-state index contributed by atoms with van der Waals surface area (Å²) in [7, 11) is 0. The molecule has 22 heavy (non-hydrogen) atoms. The first-order valence-corrected chi connectivity index (χ1v) is 8.86. The summed E-state index contributed by atoms with van der Waals surface area (Å²) in [6.45, 7) is 7.36. The molecular formula is C17H31N3O2. The van der Waals surface area contributed by atoms with Crippen LogP contribution in [0.2, 0.25) is 0 Å². The van der Waals surface area contributed by atoms with Crippen molar-refractivity contribution in [3.63, 3.8) is 0 Å². The van der Waals surface area contributed by atoms with Crippen LogP contribution in [0.15, 0.2) is 0 Å². The van der Waals surface area contributed by atoms with Crippen molar-refractivity contribution in [1.82, 2.24) is 15.5 Å². The van der Waals surface area contributed by atoms with Gasteiger partial charge in [-0.3, -0.25) is 9.59 Å². The monoisotopic (exact) mass is 309 g/mol. The van der Waals surface area contributed by atoms with Crippen molar-refractivity contribution in [2.75, 3.05) is 26.2 Å². The van der Waals surface area contributed by atoms with E-state index in [1.807, 2.05) is 4.90 Å². The third-order valence-corrected chi connectivity index (χ3v) is 5.12. The van der Waals surface area contributed by atoms with E-state index in [4.69, 9.17) is 0 Å². The van der Waals surface area contributed by atoms with Crippen molar-refractivity contribution in [3.05, 3.63) is 0 Å². The molecule has 2 rings (SSSR count). The van der Waals surface area contributed by atoms with Gasteiger partial charge in [0.1, 0.15) is 5.54 Å². The highest BCUT2D eigenvalue weighted by Crippen LogP contribution is 2.31. The topological polar surface area (TPSA) is 61.4 Å². The van der Waals surface area contributed by atoms with Crippen molar-refractivity contribution in [3.8, 4) is 0 Å². The lowest BCUT2D eigenvalue weighted by molar-refractivity contribution is -0.144. The summed E-state index contributed by atoms with van der Waals surface area (Å²) in [5.74, 6) is 0.744. The SMILES string of the molecule is CCNCC1CCN(C(=O)C2(NC(C)=O)CCCCC2)CC1. The number of hydrogen-bond donors (Lipinski definition) is 2. The van der Waals surface area contributed by atoms with E-state index in [-0.39, 0.29) is 11.8 Å². The molecule has 1 heterocycles. The Morgan fingerprint density at radius 3 is 2.32 bits per heavy atom. The average molecular weight is 309 g/mol. The van der Waals surface area contributed by atoms with Crippen molar-refractivity contribution in [2.24, 2.45) is 5.92 Å². The van der Waals surface area contributed by atoms with Crippen LogP contribution in [0.25, 0.3) is 0 Å². The molecule has 2 aliphatic rings. The van der Waals surface area contributed by atoms with Crippen LogP contribution in [0.5, 0.6) is 0 Å². The van der Waals surface area contributed by atoms with E-state index in [0.717, 1.165) is 64.7 Å². The van der Waals surface area contributed by atoms with Gasteiger partial charge >= 0.3 is 0 Å². The van der Waals surface area contributed by atoms with Gasteiger partial charge < -0.3 is 15.5 Å². The summed E-state index contributed by atoms with van der Waals surface area (Å²) >= 11 is 0. The minimum Gasteiger partial charge on any atom is -0.342 e. The highest BCUT2D eigenvalue weighted by molar-refractivity contribution is 5.91. The molecule has 0 aromatic carbocycles. The van der Waals surface area contributed by atoms with Crippen LogP contribution in [0.1, 0.15) is 58.8 Å². The van der Waals surface area contributed by atoms with Gasteiger partial charge in [-0.05, 0) is 44.7 Å². The van der Waals surface area contributed by atoms with Gasteiger partial charge in [0.05, 0.1) is 0 Å². The Balaban J connectivity index is 1.95. The van der Waals surface area contributed by atoms with Gasteiger partial charge in [-0.25, -0.2) is 0 Å². The number of piperidine rings is 1. The van der Waals surface area contributed by atoms with Gasteiger partial charge in [-0.1, -0.05) is 26.2 Å². The van der Waals surface area contributed by atoms with E-state index < -0.39 is 5.54 Å². The van der Waals surface area contributed by atoms with Crippen LogP contribution >= 0.6 is 0 Å². The zero-order chi connectivity index (χ0) is 16.0. The van der Waals surface area contributed by atoms with Crippen LogP contribution in [0.3, 0.4) is 0 Å². The molecule has 2 N–H and O–H groups in total. The van der Waals surface area contributed by atoms with Crippen LogP contribution in [0, 0.1) is 5.92 Å². The normalized spacial score (nSPS) is 22.4. The van der Waals surface area contributed by atoms with Gasteiger partial charge in [0.15, 0.2) is 0 Å². The smallest absolute Gasteiger partial charge is 0.248 e. The van der Waals surface area contributed by atoms with Gasteiger partial charge in [0, 0.05) is 20.0 Å². The van der Waals surface area contributed by atoms with E-state index in [9.17, 15) is 9.59 Å². The first-order valence-electron chi connectivity index (χ1n) is 8.86. The number of likely N-dealkylation sites (tertiary alicyclic amines) is 1. The molecule has 0 spiro atoms. The van der Waals surface area contributed by atoms with E-state index in [0.29, 0.717) is 5.92 Å². The number of nitrogens with zero attached hydrogens (tertiary/aromatic N) is 1. The fourth-order valence-corrected chi connectivity index (χ4v) is 3.88. The molecule has 0 aromatic rings. The average Bonchev–Trinajstić information content (AvgIpc) is 2.53. The molecule has 126 valence electrons. The second kappa shape index (κ2) is 7.95. The summed E-state index contributed by atoms with van der Waals surface area (Å²) in [6.07, 6.45) is 6.94. The number of nitrogens with one attached hydrogen (secondary N) is 2. The predicted molar refractivity (Wildman–Crippen MR) is 87.5 cm³/mol. The summed E-state index contributed by atoms with van der Waals surface area (Å²) < 4.78 is 0. The highest BCUT2D eigenvalue weighted by atomic mass is 16.2. The molecule has 5 heteroatoms. The van der Waals surface area contributed by atoms with Crippen molar-refractivity contribution < 1.29 is 9.59 Å². The fourth-order valence-electron chi connectivity index (χ4n) is 3.88. The number of amides is 2. The van der Waals surface area contributed by atoms with Crippen molar-refractivity contribution in [1.29, 1.82) is 0 Å². The Morgan fingerprint density at radius 2 is 1.77 bits per heavy atom. The third kappa shape index (κ3) is 4.22. The fraction of sp³-hybridized carbons (Fsp3) is 0.882. The van der Waals surface area contributed by atoms with E-state index in [1.54, 1.807) is 0 Å². The van der Waals surface area contributed by atoms with Crippen LogP contribution in [0.4, 0.5) is 0 Å². The van der Waals surface area contributed by atoms with Gasteiger partial charge in [-0.15, -0.1) is 0 Å². The summed E-state index contributed by atoms with van der Waals surface area (Å²) in [5.41, 5.74) is -0.626. The Morgan fingerprint density at radius 1 is 1.14 bits per heavy atom. The van der Waals surface area contributed by atoms with E-state index in [1.165, 1.54) is 13.3 Å². The Labute approximate surface area is 134 Å². The lowest BCUT2D eigenvalue weighted by Crippen LogP contribution is -2.61.